The average Bonchev–Trinajstić information content (AvgIpc) is 3.59. The number of hydrogen-bond donors (Lipinski definition) is 5. The van der Waals surface area contributed by atoms with Crippen molar-refractivity contribution >= 4 is 46.7 Å². The van der Waals surface area contributed by atoms with Gasteiger partial charge in [0.2, 0.25) is 11.8 Å². The number of nitrogens with zero attached hydrogens (tertiary/aromatic N) is 2. The summed E-state index contributed by atoms with van der Waals surface area (Å²) in [6.45, 7) is 11.7. The third kappa shape index (κ3) is 14.5. The highest BCUT2D eigenvalue weighted by atomic mass is 32.1. The third-order valence-electron chi connectivity index (χ3n) is 9.39. The Hall–Kier alpha value is -4.04. The summed E-state index contributed by atoms with van der Waals surface area (Å²) in [5.41, 5.74) is 7.42. The number of carboxylic acids is 1. The topological polar surface area (TPSA) is 193 Å². The van der Waals surface area contributed by atoms with Gasteiger partial charge in [0.1, 0.15) is 16.7 Å². The molecule has 52 heavy (non-hydrogen) atoms. The number of esters is 1. The molecule has 3 amide bonds. The number of nitrogens with two attached hydrogens (primary N) is 1. The summed E-state index contributed by atoms with van der Waals surface area (Å²) in [6.07, 6.45) is 3.62. The number of nitrogens with one attached hydrogen (secondary N) is 3. The summed E-state index contributed by atoms with van der Waals surface area (Å²) in [6, 6.07) is 5.56. The van der Waals surface area contributed by atoms with Gasteiger partial charge in [0.15, 0.2) is 6.10 Å². The zero-order valence-electron chi connectivity index (χ0n) is 32.1. The van der Waals surface area contributed by atoms with Gasteiger partial charge in [-0.25, -0.2) is 4.98 Å². The van der Waals surface area contributed by atoms with Crippen LogP contribution in [-0.2, 0) is 30.3 Å². The van der Waals surface area contributed by atoms with E-state index in [1.54, 1.807) is 36.4 Å². The van der Waals surface area contributed by atoms with Crippen LogP contribution in [0.4, 0.5) is 5.69 Å². The Morgan fingerprint density at radius 2 is 1.67 bits per heavy atom. The van der Waals surface area contributed by atoms with Crippen LogP contribution >= 0.6 is 11.3 Å². The number of hydrogen-bond acceptors (Lipinski definition) is 10. The molecular formula is C38H60N6O7S. The fourth-order valence-corrected chi connectivity index (χ4v) is 6.87. The molecule has 13 nitrogen and oxygen atoms in total. The first-order valence-electron chi connectivity index (χ1n) is 18.3. The molecule has 0 aliphatic carbocycles. The lowest BCUT2D eigenvalue weighted by Crippen LogP contribution is -2.54. The van der Waals surface area contributed by atoms with Crippen molar-refractivity contribution in [2.45, 2.75) is 117 Å². The summed E-state index contributed by atoms with van der Waals surface area (Å²) in [7, 11) is 3.60. The van der Waals surface area contributed by atoms with E-state index in [9.17, 15) is 29.1 Å². The molecule has 0 fully saturated rings. The van der Waals surface area contributed by atoms with Gasteiger partial charge < -0.3 is 36.4 Å². The number of ether oxygens (including phenoxy) is 1. The molecule has 1 heterocycles. The average molecular weight is 745 g/mol. The number of benzene rings is 1. The molecule has 0 saturated heterocycles. The molecule has 6 atom stereocenters. The van der Waals surface area contributed by atoms with E-state index in [1.165, 1.54) is 18.3 Å². The van der Waals surface area contributed by atoms with Crippen LogP contribution in [0, 0.1) is 17.8 Å². The lowest BCUT2D eigenvalue weighted by molar-refractivity contribution is -0.149. The summed E-state index contributed by atoms with van der Waals surface area (Å²) in [5, 5.41) is 20.6. The number of anilines is 1. The molecular weight excluding hydrogens is 685 g/mol. The van der Waals surface area contributed by atoms with Crippen molar-refractivity contribution in [2.24, 2.45) is 17.8 Å². The first-order chi connectivity index (χ1) is 24.6. The van der Waals surface area contributed by atoms with Crippen molar-refractivity contribution in [3.63, 3.8) is 0 Å². The molecule has 6 N–H and O–H groups in total. The van der Waals surface area contributed by atoms with E-state index in [-0.39, 0.29) is 42.2 Å². The molecule has 0 radical (unpaired) electrons. The molecule has 290 valence electrons. The lowest BCUT2D eigenvalue weighted by atomic mass is 9.93. The lowest BCUT2D eigenvalue weighted by Gasteiger charge is -2.37. The van der Waals surface area contributed by atoms with Gasteiger partial charge >= 0.3 is 11.9 Å². The second-order valence-corrected chi connectivity index (χ2v) is 15.0. The van der Waals surface area contributed by atoms with Gasteiger partial charge in [-0.2, -0.15) is 0 Å². The van der Waals surface area contributed by atoms with Crippen molar-refractivity contribution in [2.75, 3.05) is 26.4 Å². The monoisotopic (exact) mass is 744 g/mol. The van der Waals surface area contributed by atoms with E-state index in [0.29, 0.717) is 30.0 Å². The van der Waals surface area contributed by atoms with Crippen LogP contribution in [-0.4, -0.2) is 83.4 Å². The van der Waals surface area contributed by atoms with E-state index in [4.69, 9.17) is 10.5 Å². The number of likely N-dealkylation sites (N-methyl/N-ethyl adjacent to an activating group) is 1. The minimum Gasteiger partial charge on any atom is -0.481 e. The van der Waals surface area contributed by atoms with Gasteiger partial charge in [0.05, 0.1) is 5.92 Å². The Morgan fingerprint density at radius 1 is 1.00 bits per heavy atom. The standard InChI is InChI=1S/C38H60N6O7S/c1-9-24(4)34(43-33(46)13-11-10-12-18-40-7)37(48)44(8)31(23(2)3)21-32(51-26(6)45)36-42-30(22-52-36)35(47)41-29(19-25(5)38(49)50)20-27-14-16-28(39)17-15-27/h14-17,22-25,29,31-32,34,40H,9-13,18-21,39H2,1-8H3,(H,41,47)(H,43,46)(H,49,50)/t24-,25+,29+,31+,32+,34-/m0/s1. The minimum absolute atomic E-state index is 0.0551. The molecule has 0 unspecified atom stereocenters. The van der Waals surface area contributed by atoms with Gasteiger partial charge in [-0.3, -0.25) is 24.0 Å². The molecule has 1 aromatic heterocycles. The van der Waals surface area contributed by atoms with Crippen LogP contribution in [0.3, 0.4) is 0 Å². The molecule has 1 aromatic carbocycles. The highest BCUT2D eigenvalue weighted by Crippen LogP contribution is 2.31. The van der Waals surface area contributed by atoms with Crippen molar-refractivity contribution in [3.05, 3.63) is 45.9 Å². The van der Waals surface area contributed by atoms with E-state index < -0.39 is 48.0 Å². The van der Waals surface area contributed by atoms with Gasteiger partial charge in [-0.15, -0.1) is 11.3 Å². The normalized spacial score (nSPS) is 14.8. The third-order valence-corrected chi connectivity index (χ3v) is 10.3. The smallest absolute Gasteiger partial charge is 0.306 e. The number of aliphatic carboxylic acids is 1. The predicted molar refractivity (Wildman–Crippen MR) is 204 cm³/mol. The first kappa shape index (κ1) is 44.1. The SMILES string of the molecule is CC[C@H](C)[C@H](NC(=O)CCCCCNC)C(=O)N(C)[C@H](C[C@@H](OC(C)=O)c1nc(C(=O)N[C@@H](Cc2ccc(N)cc2)C[C@@H](C)C(=O)O)cs1)C(C)C. The molecule has 0 aliphatic rings. The van der Waals surface area contributed by atoms with E-state index in [2.05, 4.69) is 20.9 Å². The second kappa shape index (κ2) is 22.1. The molecule has 0 spiro atoms. The fraction of sp³-hybridized carbons (Fsp3) is 0.632. The number of carboxylic acid groups (broad SMARTS) is 1. The molecule has 2 rings (SSSR count). The minimum atomic E-state index is -0.964. The van der Waals surface area contributed by atoms with Gasteiger partial charge in [0, 0.05) is 50.0 Å². The van der Waals surface area contributed by atoms with Gasteiger partial charge in [0.25, 0.3) is 5.91 Å². The summed E-state index contributed by atoms with van der Waals surface area (Å²) < 4.78 is 5.74. The molecule has 0 saturated carbocycles. The number of aromatic nitrogens is 1. The van der Waals surface area contributed by atoms with E-state index >= 15 is 0 Å². The maximum absolute atomic E-state index is 14.0. The zero-order chi connectivity index (χ0) is 39.0. The number of nitrogen functional groups attached to an aromatic ring is 1. The Bertz CT molecular complexity index is 1450. The predicted octanol–water partition coefficient (Wildman–Crippen LogP) is 4.97. The fourth-order valence-electron chi connectivity index (χ4n) is 6.03. The molecule has 0 bridgehead atoms. The van der Waals surface area contributed by atoms with Crippen molar-refractivity contribution in [1.29, 1.82) is 0 Å². The van der Waals surface area contributed by atoms with Crippen LogP contribution in [0.25, 0.3) is 0 Å². The number of carbonyl (C=O) groups excluding carboxylic acids is 4. The number of unbranched alkanes of at least 4 members (excludes halogenated alkanes) is 2. The van der Waals surface area contributed by atoms with E-state index in [0.717, 1.165) is 31.4 Å². The summed E-state index contributed by atoms with van der Waals surface area (Å²) in [5.74, 6) is -3.22. The Morgan fingerprint density at radius 3 is 2.25 bits per heavy atom. The quantitative estimate of drug-likeness (QED) is 0.0590. The van der Waals surface area contributed by atoms with Gasteiger partial charge in [-0.1, -0.05) is 59.6 Å². The molecule has 0 aliphatic heterocycles. The second-order valence-electron chi connectivity index (χ2n) is 14.1. The highest BCUT2D eigenvalue weighted by Gasteiger charge is 2.35. The van der Waals surface area contributed by atoms with Crippen LogP contribution in [0.1, 0.15) is 114 Å². The number of rotatable bonds is 23. The van der Waals surface area contributed by atoms with Crippen LogP contribution in [0.5, 0.6) is 0 Å². The molecule has 2 aromatic rings. The zero-order valence-corrected chi connectivity index (χ0v) is 32.9. The van der Waals surface area contributed by atoms with Crippen molar-refractivity contribution in [1.82, 2.24) is 25.8 Å². The highest BCUT2D eigenvalue weighted by molar-refractivity contribution is 7.09. The van der Waals surface area contributed by atoms with Crippen LogP contribution in [0.15, 0.2) is 29.6 Å². The summed E-state index contributed by atoms with van der Waals surface area (Å²) in [4.78, 5) is 70.6. The molecule has 14 heteroatoms. The first-order valence-corrected chi connectivity index (χ1v) is 19.2. The summed E-state index contributed by atoms with van der Waals surface area (Å²) >= 11 is 1.17. The number of carbonyl (C=O) groups is 5. The number of amides is 3. The van der Waals surface area contributed by atoms with Crippen molar-refractivity contribution < 1.29 is 33.8 Å². The Kier molecular flexibility index (Phi) is 18.8. The Balaban J connectivity index is 2.26. The maximum atomic E-state index is 14.0. The largest absolute Gasteiger partial charge is 0.481 e. The van der Waals surface area contributed by atoms with Crippen molar-refractivity contribution in [3.8, 4) is 0 Å². The maximum Gasteiger partial charge on any atom is 0.306 e. The van der Waals surface area contributed by atoms with E-state index in [1.807, 2.05) is 46.9 Å². The van der Waals surface area contributed by atoms with Crippen LogP contribution in [0.2, 0.25) is 0 Å². The van der Waals surface area contributed by atoms with Gasteiger partial charge in [-0.05, 0) is 68.8 Å². The Labute approximate surface area is 312 Å². The number of thiazole rings is 1. The van der Waals surface area contributed by atoms with Crippen LogP contribution < -0.4 is 21.7 Å².